The molecule has 0 aliphatic heterocycles. The molecule has 0 unspecified atom stereocenters. The van der Waals surface area contributed by atoms with Crippen molar-refractivity contribution in [3.63, 3.8) is 0 Å². The Balaban J connectivity index is 1.58. The van der Waals surface area contributed by atoms with Crippen LogP contribution < -0.4 is 15.2 Å². The summed E-state index contributed by atoms with van der Waals surface area (Å²) in [5.74, 6) is 1.05. The molecule has 0 fully saturated rings. The van der Waals surface area contributed by atoms with E-state index in [1.165, 1.54) is 15.5 Å². The van der Waals surface area contributed by atoms with Crippen molar-refractivity contribution < 1.29 is 14.3 Å². The van der Waals surface area contributed by atoms with Crippen LogP contribution in [0.25, 0.3) is 22.3 Å². The largest absolute Gasteiger partial charge is 0.493 e. The summed E-state index contributed by atoms with van der Waals surface area (Å²) in [5, 5.41) is 0. The van der Waals surface area contributed by atoms with Crippen molar-refractivity contribution in [2.24, 2.45) is 0 Å². The molecular weight excluding hydrogens is 424 g/mol. The normalized spacial score (nSPS) is 11.1. The number of aromatic amines is 1. The van der Waals surface area contributed by atoms with Gasteiger partial charge in [0.05, 0.1) is 30.5 Å². The monoisotopic (exact) mass is 446 g/mol. The van der Waals surface area contributed by atoms with Crippen LogP contribution in [0.4, 0.5) is 0 Å². The molecular formula is C25H22N2O4S. The van der Waals surface area contributed by atoms with Gasteiger partial charge < -0.3 is 14.5 Å². The molecule has 0 radical (unpaired) electrons. The highest BCUT2D eigenvalue weighted by atomic mass is 32.1. The second kappa shape index (κ2) is 9.11. The number of nitrogens with one attached hydrogen (secondary N) is 1. The average molecular weight is 447 g/mol. The minimum absolute atomic E-state index is 0.167. The summed E-state index contributed by atoms with van der Waals surface area (Å²) in [7, 11) is 3.14. The van der Waals surface area contributed by atoms with E-state index in [4.69, 9.17) is 9.47 Å². The Morgan fingerprint density at radius 2 is 1.84 bits per heavy atom. The van der Waals surface area contributed by atoms with Gasteiger partial charge in [-0.25, -0.2) is 4.79 Å². The van der Waals surface area contributed by atoms with Gasteiger partial charge in [-0.1, -0.05) is 24.3 Å². The number of ether oxygens (including phenoxy) is 2. The van der Waals surface area contributed by atoms with Crippen LogP contribution in [0, 0.1) is 6.92 Å². The van der Waals surface area contributed by atoms with Gasteiger partial charge in [0.1, 0.15) is 0 Å². The molecule has 2 aromatic carbocycles. The molecule has 0 amide bonds. The molecule has 0 aliphatic rings. The Labute approximate surface area is 189 Å². The summed E-state index contributed by atoms with van der Waals surface area (Å²) in [6.07, 6.45) is 4.98. The van der Waals surface area contributed by atoms with Gasteiger partial charge in [0.2, 0.25) is 0 Å². The molecule has 1 N–H and O–H groups in total. The molecule has 0 atom stereocenters. The minimum atomic E-state index is -0.253. The van der Waals surface area contributed by atoms with E-state index in [9.17, 15) is 9.59 Å². The summed E-state index contributed by atoms with van der Waals surface area (Å²) in [5.41, 5.74) is 2.41. The van der Waals surface area contributed by atoms with Crippen molar-refractivity contribution >= 4 is 23.2 Å². The number of ketones is 1. The molecule has 4 rings (SSSR count). The molecule has 2 heterocycles. The van der Waals surface area contributed by atoms with Gasteiger partial charge in [0, 0.05) is 16.6 Å². The Kier molecular flexibility index (Phi) is 6.09. The first-order valence-corrected chi connectivity index (χ1v) is 10.7. The maximum Gasteiger partial charge on any atom is 0.330 e. The van der Waals surface area contributed by atoms with Crippen LogP contribution in [0.1, 0.15) is 20.8 Å². The average Bonchev–Trinajstić information content (AvgIpc) is 3.42. The first-order chi connectivity index (χ1) is 15.5. The Morgan fingerprint density at radius 3 is 2.56 bits per heavy atom. The molecule has 7 heteroatoms. The van der Waals surface area contributed by atoms with Crippen molar-refractivity contribution in [1.29, 1.82) is 0 Å². The van der Waals surface area contributed by atoms with Crippen LogP contribution in [-0.2, 0) is 0 Å². The SMILES string of the molecule is COc1ccc(C=CC(=O)c2cccc(-n3cc(-c4ccc(C)s4)[nH]c3=O)c2)cc1OC. The number of methoxy groups -OCH3 is 2. The fourth-order valence-electron chi connectivity index (χ4n) is 3.33. The number of carbonyl (C=O) groups is 1. The summed E-state index contributed by atoms with van der Waals surface area (Å²) in [6, 6.07) is 16.4. The topological polar surface area (TPSA) is 73.3 Å². The highest BCUT2D eigenvalue weighted by molar-refractivity contribution is 7.15. The van der Waals surface area contributed by atoms with E-state index >= 15 is 0 Å². The molecule has 0 saturated heterocycles. The van der Waals surface area contributed by atoms with Crippen molar-refractivity contribution in [1.82, 2.24) is 9.55 Å². The van der Waals surface area contributed by atoms with Gasteiger partial charge in [0.25, 0.3) is 0 Å². The van der Waals surface area contributed by atoms with E-state index in [-0.39, 0.29) is 11.5 Å². The molecule has 0 aliphatic carbocycles. The molecule has 4 aromatic rings. The number of aryl methyl sites for hydroxylation is 1. The first kappa shape index (κ1) is 21.4. The summed E-state index contributed by atoms with van der Waals surface area (Å²) in [4.78, 5) is 30.3. The number of hydrogen-bond donors (Lipinski definition) is 1. The predicted molar refractivity (Wildman–Crippen MR) is 127 cm³/mol. The molecule has 0 saturated carbocycles. The first-order valence-electron chi connectivity index (χ1n) is 9.92. The number of benzene rings is 2. The van der Waals surface area contributed by atoms with Crippen LogP contribution >= 0.6 is 11.3 Å². The number of H-pyrrole nitrogens is 1. The third kappa shape index (κ3) is 4.43. The second-order valence-electron chi connectivity index (χ2n) is 7.12. The molecule has 32 heavy (non-hydrogen) atoms. The number of carbonyl (C=O) groups excluding carboxylic acids is 1. The Hall–Kier alpha value is -3.84. The predicted octanol–water partition coefficient (Wildman–Crippen LogP) is 5.12. The highest BCUT2D eigenvalue weighted by Gasteiger charge is 2.11. The van der Waals surface area contributed by atoms with E-state index in [1.54, 1.807) is 74.2 Å². The molecule has 162 valence electrons. The number of allylic oxidation sites excluding steroid dienone is 1. The van der Waals surface area contributed by atoms with Crippen LogP contribution in [0.15, 0.2) is 71.7 Å². The van der Waals surface area contributed by atoms with Gasteiger partial charge in [-0.15, -0.1) is 11.3 Å². The molecule has 0 spiro atoms. The van der Waals surface area contributed by atoms with E-state index < -0.39 is 0 Å². The van der Waals surface area contributed by atoms with E-state index in [0.717, 1.165) is 16.1 Å². The van der Waals surface area contributed by atoms with Crippen LogP contribution in [0.2, 0.25) is 0 Å². The van der Waals surface area contributed by atoms with Gasteiger partial charge in [-0.3, -0.25) is 9.36 Å². The zero-order chi connectivity index (χ0) is 22.7. The number of nitrogens with zero attached hydrogens (tertiary/aromatic N) is 1. The van der Waals surface area contributed by atoms with Crippen LogP contribution in [-0.4, -0.2) is 29.6 Å². The lowest BCUT2D eigenvalue weighted by Gasteiger charge is -2.07. The minimum Gasteiger partial charge on any atom is -0.493 e. The van der Waals surface area contributed by atoms with Gasteiger partial charge >= 0.3 is 5.69 Å². The second-order valence-corrected chi connectivity index (χ2v) is 8.40. The maximum absolute atomic E-state index is 12.8. The number of imidazole rings is 1. The summed E-state index contributed by atoms with van der Waals surface area (Å²) in [6.45, 7) is 2.02. The van der Waals surface area contributed by atoms with Crippen molar-refractivity contribution in [3.8, 4) is 27.8 Å². The molecule has 6 nitrogen and oxygen atoms in total. The number of aromatic nitrogens is 2. The maximum atomic E-state index is 12.8. The lowest BCUT2D eigenvalue weighted by Crippen LogP contribution is -2.14. The highest BCUT2D eigenvalue weighted by Crippen LogP contribution is 2.28. The van der Waals surface area contributed by atoms with Crippen molar-refractivity contribution in [2.75, 3.05) is 14.2 Å². The van der Waals surface area contributed by atoms with Gasteiger partial charge in [0.15, 0.2) is 17.3 Å². The molecule has 0 bridgehead atoms. The zero-order valence-corrected chi connectivity index (χ0v) is 18.7. The van der Waals surface area contributed by atoms with Gasteiger partial charge in [-0.2, -0.15) is 0 Å². The summed E-state index contributed by atoms with van der Waals surface area (Å²) < 4.78 is 12.1. The van der Waals surface area contributed by atoms with Crippen LogP contribution in [0.3, 0.4) is 0 Å². The fourth-order valence-corrected chi connectivity index (χ4v) is 4.16. The number of rotatable bonds is 7. The Bertz CT molecular complexity index is 1360. The lowest BCUT2D eigenvalue weighted by molar-refractivity contribution is 0.104. The molecule has 2 aromatic heterocycles. The van der Waals surface area contributed by atoms with E-state index in [0.29, 0.717) is 22.7 Å². The standard InChI is InChI=1S/C25H22N2O4S/c1-16-7-12-24(32-16)20-15-27(25(29)26-20)19-6-4-5-18(14-19)21(28)10-8-17-9-11-22(30-2)23(13-17)31-3/h4-15H,1-3H3,(H,26,29). The smallest absolute Gasteiger partial charge is 0.330 e. The number of thiophene rings is 1. The van der Waals surface area contributed by atoms with E-state index in [1.807, 2.05) is 25.1 Å². The lowest BCUT2D eigenvalue weighted by atomic mass is 10.1. The quantitative estimate of drug-likeness (QED) is 0.316. The zero-order valence-electron chi connectivity index (χ0n) is 17.9. The third-order valence-corrected chi connectivity index (χ3v) is 6.00. The fraction of sp³-hybridized carbons (Fsp3) is 0.120. The third-order valence-electron chi connectivity index (χ3n) is 4.97. The number of hydrogen-bond acceptors (Lipinski definition) is 5. The van der Waals surface area contributed by atoms with E-state index in [2.05, 4.69) is 4.98 Å². The Morgan fingerprint density at radius 1 is 1.03 bits per heavy atom. The van der Waals surface area contributed by atoms with Gasteiger partial charge in [-0.05, 0) is 55.0 Å². The van der Waals surface area contributed by atoms with Crippen molar-refractivity contribution in [2.45, 2.75) is 6.92 Å². The van der Waals surface area contributed by atoms with Crippen LogP contribution in [0.5, 0.6) is 11.5 Å². The summed E-state index contributed by atoms with van der Waals surface area (Å²) >= 11 is 1.61. The van der Waals surface area contributed by atoms with Crippen molar-refractivity contribution in [3.05, 3.63) is 93.4 Å².